The van der Waals surface area contributed by atoms with Gasteiger partial charge in [0.2, 0.25) is 12.2 Å². The smallest absolute Gasteiger partial charge is 0.349 e. The second kappa shape index (κ2) is 4.86. The SMILES string of the molecule is Cc1c(C)[n+]([O-])cn1C(CCC(N)=O)C(=O)O. The first-order chi connectivity index (χ1) is 7.84. The highest BCUT2D eigenvalue weighted by Crippen LogP contribution is 2.17. The lowest BCUT2D eigenvalue weighted by Gasteiger charge is -2.09. The van der Waals surface area contributed by atoms with Crippen LogP contribution in [0.15, 0.2) is 6.33 Å². The lowest BCUT2D eigenvalue weighted by molar-refractivity contribution is -0.611. The maximum atomic E-state index is 11.3. The van der Waals surface area contributed by atoms with E-state index in [0.717, 1.165) is 0 Å². The molecular formula is C10H15N3O4. The molecule has 1 aromatic heterocycles. The van der Waals surface area contributed by atoms with Crippen molar-refractivity contribution in [3.05, 3.63) is 22.9 Å². The Hall–Kier alpha value is -2.05. The Morgan fingerprint density at radius 1 is 1.59 bits per heavy atom. The second-order valence-corrected chi connectivity index (χ2v) is 3.88. The Kier molecular flexibility index (Phi) is 3.72. The molecule has 0 saturated heterocycles. The molecule has 7 nitrogen and oxygen atoms in total. The maximum absolute atomic E-state index is 11.3. The Balaban J connectivity index is 3.01. The first kappa shape index (κ1) is 13.0. The third kappa shape index (κ3) is 2.74. The monoisotopic (exact) mass is 241 g/mol. The summed E-state index contributed by atoms with van der Waals surface area (Å²) in [4.78, 5) is 21.8. The number of aliphatic carboxylic acids is 1. The molecule has 0 aliphatic heterocycles. The summed E-state index contributed by atoms with van der Waals surface area (Å²) in [6.07, 6.45) is 1.20. The standard InChI is InChI=1S/C10H15N3O4/c1-6-7(2)13(17)5-12(6)8(10(15)16)3-4-9(11)14/h5,8H,3-4H2,1-2H3,(H2,11,14)(H,15,16). The van der Waals surface area contributed by atoms with Gasteiger partial charge in [0.05, 0.1) is 0 Å². The first-order valence-corrected chi connectivity index (χ1v) is 5.13. The molecule has 0 fully saturated rings. The molecule has 0 radical (unpaired) electrons. The summed E-state index contributed by atoms with van der Waals surface area (Å²) in [5.41, 5.74) is 5.99. The molecule has 1 unspecified atom stereocenters. The van der Waals surface area contributed by atoms with Crippen LogP contribution in [0, 0.1) is 19.1 Å². The molecule has 0 spiro atoms. The van der Waals surface area contributed by atoms with Gasteiger partial charge in [-0.1, -0.05) is 0 Å². The number of carbonyl (C=O) groups excluding carboxylic acids is 1. The number of hydrogen-bond acceptors (Lipinski definition) is 3. The third-order valence-corrected chi connectivity index (χ3v) is 2.76. The van der Waals surface area contributed by atoms with E-state index >= 15 is 0 Å². The fourth-order valence-corrected chi connectivity index (χ4v) is 1.61. The number of nitrogens with two attached hydrogens (primary N) is 1. The normalized spacial score (nSPS) is 12.4. The Morgan fingerprint density at radius 3 is 2.53 bits per heavy atom. The van der Waals surface area contributed by atoms with Crippen molar-refractivity contribution in [3.8, 4) is 0 Å². The Labute approximate surface area is 98.0 Å². The van der Waals surface area contributed by atoms with Gasteiger partial charge in [-0.15, -0.1) is 0 Å². The van der Waals surface area contributed by atoms with Gasteiger partial charge < -0.3 is 16.0 Å². The second-order valence-electron chi connectivity index (χ2n) is 3.88. The van der Waals surface area contributed by atoms with E-state index in [1.807, 2.05) is 0 Å². The summed E-state index contributed by atoms with van der Waals surface area (Å²) >= 11 is 0. The topological polar surface area (TPSA) is 112 Å². The van der Waals surface area contributed by atoms with Gasteiger partial charge in [0.15, 0.2) is 6.04 Å². The van der Waals surface area contributed by atoms with Crippen molar-refractivity contribution >= 4 is 11.9 Å². The van der Waals surface area contributed by atoms with Crippen molar-refractivity contribution < 1.29 is 19.4 Å². The number of hydrogen-bond donors (Lipinski definition) is 2. The minimum absolute atomic E-state index is 0.0352. The van der Waals surface area contributed by atoms with Gasteiger partial charge in [-0.3, -0.25) is 4.79 Å². The van der Waals surface area contributed by atoms with Crippen molar-refractivity contribution in [2.45, 2.75) is 32.7 Å². The predicted molar refractivity (Wildman–Crippen MR) is 58.0 cm³/mol. The molecule has 7 heteroatoms. The average molecular weight is 241 g/mol. The molecule has 94 valence electrons. The van der Waals surface area contributed by atoms with Crippen LogP contribution in [0.4, 0.5) is 0 Å². The van der Waals surface area contributed by atoms with Crippen LogP contribution in [0.1, 0.15) is 30.3 Å². The lowest BCUT2D eigenvalue weighted by atomic mass is 10.1. The van der Waals surface area contributed by atoms with E-state index in [2.05, 4.69) is 0 Å². The van der Waals surface area contributed by atoms with Crippen LogP contribution in [0.3, 0.4) is 0 Å². The van der Waals surface area contributed by atoms with Gasteiger partial charge >= 0.3 is 5.97 Å². The minimum atomic E-state index is -1.09. The Morgan fingerprint density at radius 2 is 2.18 bits per heavy atom. The molecule has 1 heterocycles. The minimum Gasteiger partial charge on any atom is -0.711 e. The largest absolute Gasteiger partial charge is 0.711 e. The number of imidazole rings is 1. The fourth-order valence-electron chi connectivity index (χ4n) is 1.61. The zero-order chi connectivity index (χ0) is 13.2. The van der Waals surface area contributed by atoms with Crippen molar-refractivity contribution in [2.75, 3.05) is 0 Å². The van der Waals surface area contributed by atoms with Crippen molar-refractivity contribution in [2.24, 2.45) is 5.73 Å². The summed E-state index contributed by atoms with van der Waals surface area (Å²) in [5, 5.41) is 20.4. The molecule has 0 aliphatic carbocycles. The Bertz CT molecular complexity index is 453. The van der Waals surface area contributed by atoms with Gasteiger partial charge in [-0.25, -0.2) is 14.1 Å². The van der Waals surface area contributed by atoms with E-state index < -0.39 is 17.9 Å². The lowest BCUT2D eigenvalue weighted by Crippen LogP contribution is -2.27. The average Bonchev–Trinajstić information content (AvgIpc) is 2.46. The predicted octanol–water partition coefficient (Wildman–Crippen LogP) is -0.370. The molecule has 1 amide bonds. The zero-order valence-electron chi connectivity index (χ0n) is 9.71. The summed E-state index contributed by atoms with van der Waals surface area (Å²) in [7, 11) is 0. The van der Waals surface area contributed by atoms with Gasteiger partial charge in [-0.2, -0.15) is 0 Å². The van der Waals surface area contributed by atoms with Crippen LogP contribution in [0.2, 0.25) is 0 Å². The zero-order valence-corrected chi connectivity index (χ0v) is 9.71. The van der Waals surface area contributed by atoms with E-state index in [9.17, 15) is 14.8 Å². The number of primary amides is 1. The van der Waals surface area contributed by atoms with Gasteiger partial charge in [-0.05, 0) is 0 Å². The van der Waals surface area contributed by atoms with Gasteiger partial charge in [0.1, 0.15) is 11.4 Å². The van der Waals surface area contributed by atoms with Crippen LogP contribution >= 0.6 is 0 Å². The highest BCUT2D eigenvalue weighted by atomic mass is 16.5. The number of amides is 1. The first-order valence-electron chi connectivity index (χ1n) is 5.13. The van der Waals surface area contributed by atoms with E-state index in [-0.39, 0.29) is 12.8 Å². The van der Waals surface area contributed by atoms with Gasteiger partial charge in [0, 0.05) is 26.7 Å². The van der Waals surface area contributed by atoms with E-state index in [4.69, 9.17) is 10.8 Å². The van der Waals surface area contributed by atoms with Crippen LogP contribution in [0.5, 0.6) is 0 Å². The van der Waals surface area contributed by atoms with E-state index in [1.165, 1.54) is 10.9 Å². The number of rotatable bonds is 5. The quantitative estimate of drug-likeness (QED) is 0.541. The molecule has 3 N–H and O–H groups in total. The molecule has 0 aliphatic rings. The number of carboxylic acid groups (broad SMARTS) is 1. The molecule has 1 rings (SSSR count). The highest BCUT2D eigenvalue weighted by molar-refractivity contribution is 5.76. The highest BCUT2D eigenvalue weighted by Gasteiger charge is 2.28. The van der Waals surface area contributed by atoms with Crippen molar-refractivity contribution in [1.29, 1.82) is 0 Å². The fraction of sp³-hybridized carbons (Fsp3) is 0.500. The summed E-state index contributed by atoms with van der Waals surface area (Å²) < 4.78 is 1.96. The van der Waals surface area contributed by atoms with E-state index in [1.54, 1.807) is 13.8 Å². The molecule has 17 heavy (non-hydrogen) atoms. The molecule has 1 atom stereocenters. The van der Waals surface area contributed by atoms with Crippen LogP contribution in [0.25, 0.3) is 0 Å². The van der Waals surface area contributed by atoms with Crippen molar-refractivity contribution in [3.63, 3.8) is 0 Å². The maximum Gasteiger partial charge on any atom is 0.349 e. The van der Waals surface area contributed by atoms with Crippen LogP contribution < -0.4 is 10.5 Å². The molecule has 0 saturated carbocycles. The van der Waals surface area contributed by atoms with E-state index in [0.29, 0.717) is 16.1 Å². The van der Waals surface area contributed by atoms with Gasteiger partial charge in [0.25, 0.3) is 0 Å². The third-order valence-electron chi connectivity index (χ3n) is 2.76. The molecular weight excluding hydrogens is 226 g/mol. The molecule has 1 aromatic rings. The molecule has 0 bridgehead atoms. The number of nitrogens with zero attached hydrogens (tertiary/aromatic N) is 2. The number of carbonyl (C=O) groups is 2. The van der Waals surface area contributed by atoms with Crippen LogP contribution in [-0.2, 0) is 9.59 Å². The van der Waals surface area contributed by atoms with Crippen LogP contribution in [-0.4, -0.2) is 21.6 Å². The summed E-state index contributed by atoms with van der Waals surface area (Å²) in [6, 6.07) is -0.948. The molecule has 0 aromatic carbocycles. The summed E-state index contributed by atoms with van der Waals surface area (Å²) in [6.45, 7) is 3.26. The summed E-state index contributed by atoms with van der Waals surface area (Å²) in [5.74, 6) is -1.65. The number of aromatic nitrogens is 2. The number of carboxylic acids is 1. The van der Waals surface area contributed by atoms with Crippen molar-refractivity contribution in [1.82, 2.24) is 4.57 Å².